The van der Waals surface area contributed by atoms with Crippen LogP contribution in [0.5, 0.6) is 0 Å². The molecule has 0 spiro atoms. The molecule has 3 heterocycles. The first-order valence-corrected chi connectivity index (χ1v) is 9.66. The minimum atomic E-state index is -0.459. The number of rotatable bonds is 1. The molecule has 1 aromatic heterocycles. The number of carbonyl (C=O) groups is 1. The van der Waals surface area contributed by atoms with E-state index >= 15 is 0 Å². The van der Waals surface area contributed by atoms with Crippen LogP contribution in [0.4, 0.5) is 9.18 Å². The van der Waals surface area contributed by atoms with Crippen molar-refractivity contribution in [3.05, 3.63) is 47.0 Å². The molecule has 2 unspecified atom stereocenters. The molecular weight excluding hydrogens is 345 g/mol. The van der Waals surface area contributed by atoms with E-state index in [4.69, 9.17) is 9.84 Å². The zero-order valence-corrected chi connectivity index (χ0v) is 15.9. The topological polar surface area (TPSA) is 47.4 Å². The van der Waals surface area contributed by atoms with E-state index in [0.717, 1.165) is 42.9 Å². The van der Waals surface area contributed by atoms with Gasteiger partial charge in [-0.15, -0.1) is 0 Å². The van der Waals surface area contributed by atoms with E-state index in [-0.39, 0.29) is 11.9 Å². The Labute approximate surface area is 158 Å². The van der Waals surface area contributed by atoms with Gasteiger partial charge >= 0.3 is 6.09 Å². The summed E-state index contributed by atoms with van der Waals surface area (Å²) in [4.78, 5) is 14.1. The van der Waals surface area contributed by atoms with E-state index < -0.39 is 5.60 Å². The average molecular weight is 369 g/mol. The summed E-state index contributed by atoms with van der Waals surface area (Å²) in [5, 5.41) is 4.86. The number of aromatic nitrogens is 2. The fourth-order valence-electron chi connectivity index (χ4n) is 4.65. The minimum absolute atomic E-state index is 0.191. The van der Waals surface area contributed by atoms with E-state index in [2.05, 4.69) is 6.07 Å². The molecule has 6 heteroatoms. The van der Waals surface area contributed by atoms with Gasteiger partial charge < -0.3 is 9.64 Å². The number of ether oxygens (including phenoxy) is 1. The molecule has 1 saturated carbocycles. The lowest BCUT2D eigenvalue weighted by Gasteiger charge is -2.25. The molecule has 1 amide bonds. The van der Waals surface area contributed by atoms with E-state index in [9.17, 15) is 9.18 Å². The van der Waals surface area contributed by atoms with Gasteiger partial charge in [0, 0.05) is 24.7 Å². The monoisotopic (exact) mass is 369 g/mol. The Morgan fingerprint density at radius 1 is 1.19 bits per heavy atom. The highest BCUT2D eigenvalue weighted by Crippen LogP contribution is 2.58. The molecule has 2 aliphatic heterocycles. The van der Waals surface area contributed by atoms with Gasteiger partial charge in [-0.05, 0) is 75.3 Å². The number of aryl methyl sites for hydroxylation is 2. The predicted octanol–water partition coefficient (Wildman–Crippen LogP) is 3.69. The molecule has 2 atom stereocenters. The van der Waals surface area contributed by atoms with Crippen molar-refractivity contribution in [1.82, 2.24) is 14.7 Å². The highest BCUT2D eigenvalue weighted by molar-refractivity contribution is 5.69. The minimum Gasteiger partial charge on any atom is -0.444 e. The fourth-order valence-corrected chi connectivity index (χ4v) is 4.65. The first-order chi connectivity index (χ1) is 12.8. The summed E-state index contributed by atoms with van der Waals surface area (Å²) < 4.78 is 21.0. The molecule has 5 nitrogen and oxygen atoms in total. The zero-order valence-electron chi connectivity index (χ0n) is 15.9. The summed E-state index contributed by atoms with van der Waals surface area (Å²) in [6, 6.07) is 7.14. The lowest BCUT2D eigenvalue weighted by Crippen LogP contribution is -2.36. The number of hydrogen-bond donors (Lipinski definition) is 0. The number of fused-ring (bicyclic) bond motifs is 4. The Balaban J connectivity index is 1.31. The summed E-state index contributed by atoms with van der Waals surface area (Å²) in [7, 11) is 0. The lowest BCUT2D eigenvalue weighted by atomic mass is 10.0. The summed E-state index contributed by atoms with van der Waals surface area (Å²) in [5.74, 6) is 1.18. The van der Waals surface area contributed by atoms with Gasteiger partial charge in [-0.25, -0.2) is 13.9 Å². The van der Waals surface area contributed by atoms with Crippen molar-refractivity contribution in [2.75, 3.05) is 13.1 Å². The second-order valence-electron chi connectivity index (χ2n) is 8.98. The van der Waals surface area contributed by atoms with Crippen LogP contribution in [0.25, 0.3) is 5.69 Å². The highest BCUT2D eigenvalue weighted by atomic mass is 19.1. The van der Waals surface area contributed by atoms with Gasteiger partial charge in [0.15, 0.2) is 0 Å². The number of likely N-dealkylation sites (tertiary alicyclic amines) is 1. The third kappa shape index (κ3) is 2.82. The Bertz CT molecular complexity index is 918. The molecule has 2 aromatic rings. The number of hydrogen-bond acceptors (Lipinski definition) is 3. The van der Waals surface area contributed by atoms with Crippen molar-refractivity contribution in [2.45, 2.75) is 45.1 Å². The van der Waals surface area contributed by atoms with Crippen molar-refractivity contribution in [3.63, 3.8) is 0 Å². The molecule has 1 aliphatic carbocycles. The van der Waals surface area contributed by atoms with Crippen LogP contribution in [0.1, 0.15) is 43.6 Å². The van der Waals surface area contributed by atoms with Gasteiger partial charge in [0.2, 0.25) is 0 Å². The van der Waals surface area contributed by atoms with Crippen LogP contribution in [-0.2, 0) is 17.6 Å². The van der Waals surface area contributed by atoms with Crippen LogP contribution in [0.15, 0.2) is 24.3 Å². The summed E-state index contributed by atoms with van der Waals surface area (Å²) in [6.45, 7) is 7.17. The smallest absolute Gasteiger partial charge is 0.410 e. The van der Waals surface area contributed by atoms with Gasteiger partial charge in [-0.2, -0.15) is 5.10 Å². The Morgan fingerprint density at radius 2 is 1.93 bits per heavy atom. The number of piperidine rings is 1. The highest BCUT2D eigenvalue weighted by Gasteiger charge is 2.58. The van der Waals surface area contributed by atoms with Crippen LogP contribution in [0.3, 0.4) is 0 Å². The number of amides is 1. The molecular formula is C21H24FN3O2. The van der Waals surface area contributed by atoms with Crippen LogP contribution >= 0.6 is 0 Å². The normalized spacial score (nSPS) is 25.6. The van der Waals surface area contributed by atoms with Crippen molar-refractivity contribution in [2.24, 2.45) is 11.8 Å². The maximum atomic E-state index is 13.5. The van der Waals surface area contributed by atoms with Crippen molar-refractivity contribution in [3.8, 4) is 5.69 Å². The second-order valence-corrected chi connectivity index (χ2v) is 8.98. The molecule has 142 valence electrons. The van der Waals surface area contributed by atoms with E-state index in [1.165, 1.54) is 11.8 Å². The molecule has 0 N–H and O–H groups in total. The van der Waals surface area contributed by atoms with Crippen LogP contribution < -0.4 is 0 Å². The standard InChI is InChI=1S/C21H24FN3O2/c1-21(2,3)27-20(26)24-10-15-16(11-24)19(15)17-9-14-6-4-12-8-13(22)5-7-18(12)25(14)23-17/h5,7-9,15-16,19H,4,6,10-11H2,1-3H3. The predicted molar refractivity (Wildman–Crippen MR) is 98.5 cm³/mol. The molecule has 1 saturated heterocycles. The van der Waals surface area contributed by atoms with Gasteiger partial charge in [-0.3, -0.25) is 0 Å². The number of halogens is 1. The molecule has 0 radical (unpaired) electrons. The lowest BCUT2D eigenvalue weighted by molar-refractivity contribution is 0.0270. The molecule has 3 aliphatic rings. The van der Waals surface area contributed by atoms with E-state index in [0.29, 0.717) is 17.8 Å². The van der Waals surface area contributed by atoms with Crippen molar-refractivity contribution >= 4 is 6.09 Å². The van der Waals surface area contributed by atoms with Crippen LogP contribution in [0.2, 0.25) is 0 Å². The number of carbonyl (C=O) groups excluding carboxylic acids is 1. The van der Waals surface area contributed by atoms with Gasteiger partial charge in [0.25, 0.3) is 0 Å². The van der Waals surface area contributed by atoms with Crippen molar-refractivity contribution in [1.29, 1.82) is 0 Å². The quantitative estimate of drug-likeness (QED) is 0.770. The maximum absolute atomic E-state index is 13.5. The third-order valence-corrected chi connectivity index (χ3v) is 5.91. The Morgan fingerprint density at radius 3 is 2.63 bits per heavy atom. The van der Waals surface area contributed by atoms with Gasteiger partial charge in [0.1, 0.15) is 11.4 Å². The van der Waals surface area contributed by atoms with Crippen molar-refractivity contribution < 1.29 is 13.9 Å². The van der Waals surface area contributed by atoms with Crippen LogP contribution in [0, 0.1) is 17.7 Å². The first-order valence-electron chi connectivity index (χ1n) is 9.66. The summed E-state index contributed by atoms with van der Waals surface area (Å²) >= 11 is 0. The van der Waals surface area contributed by atoms with Gasteiger partial charge in [-0.1, -0.05) is 0 Å². The van der Waals surface area contributed by atoms with E-state index in [1.807, 2.05) is 36.4 Å². The first kappa shape index (κ1) is 16.8. The van der Waals surface area contributed by atoms with E-state index in [1.54, 1.807) is 6.07 Å². The molecule has 5 rings (SSSR count). The molecule has 2 fully saturated rings. The molecule has 1 aromatic carbocycles. The number of nitrogens with zero attached hydrogens (tertiary/aromatic N) is 3. The maximum Gasteiger partial charge on any atom is 0.410 e. The van der Waals surface area contributed by atoms with Crippen LogP contribution in [-0.4, -0.2) is 39.5 Å². The SMILES string of the molecule is CC(C)(C)OC(=O)N1CC2C(C1)C2c1cc2n(n1)-c1ccc(F)cc1CC2. The Hall–Kier alpha value is -2.37. The third-order valence-electron chi connectivity index (χ3n) is 5.91. The second kappa shape index (κ2) is 5.57. The Kier molecular flexibility index (Phi) is 3.46. The number of benzene rings is 1. The molecule has 0 bridgehead atoms. The average Bonchev–Trinajstić information content (AvgIpc) is 2.97. The van der Waals surface area contributed by atoms with Gasteiger partial charge in [0.05, 0.1) is 11.4 Å². The summed E-state index contributed by atoms with van der Waals surface area (Å²) in [6.07, 6.45) is 1.52. The summed E-state index contributed by atoms with van der Waals surface area (Å²) in [5.41, 5.74) is 3.85. The molecule has 27 heavy (non-hydrogen) atoms. The fraction of sp³-hybridized carbons (Fsp3) is 0.524. The zero-order chi connectivity index (χ0) is 18.9. The largest absolute Gasteiger partial charge is 0.444 e.